The van der Waals surface area contributed by atoms with Gasteiger partial charge >= 0.3 is 0 Å². The van der Waals surface area contributed by atoms with Crippen molar-refractivity contribution >= 4 is 27.6 Å². The van der Waals surface area contributed by atoms with Gasteiger partial charge < -0.3 is 4.90 Å². The Morgan fingerprint density at radius 1 is 1.08 bits per heavy atom. The second kappa shape index (κ2) is 5.99. The minimum absolute atomic E-state index is 0.0664. The molecular weight excluding hydrogens is 348 g/mol. The zero-order chi connectivity index (χ0) is 18.5. The summed E-state index contributed by atoms with van der Waals surface area (Å²) in [5, 5.41) is 0. The number of allylic oxidation sites excluding steroid dienone is 1. The molecule has 0 saturated heterocycles. The van der Waals surface area contributed by atoms with E-state index in [1.54, 1.807) is 24.3 Å². The van der Waals surface area contributed by atoms with E-state index >= 15 is 0 Å². The molecule has 5 nitrogen and oxygen atoms in total. The minimum atomic E-state index is -3.71. The summed E-state index contributed by atoms with van der Waals surface area (Å²) in [5.74, 6) is -0.271. The Kier molecular flexibility index (Phi) is 3.88. The first-order valence-electron chi connectivity index (χ1n) is 8.58. The smallest absolute Gasteiger partial charge is 0.264 e. The molecule has 0 unspecified atom stereocenters. The predicted octanol–water partition coefficient (Wildman–Crippen LogP) is 2.93. The van der Waals surface area contributed by atoms with Crippen molar-refractivity contribution in [1.29, 1.82) is 0 Å². The molecule has 2 heterocycles. The van der Waals surface area contributed by atoms with E-state index in [9.17, 15) is 13.2 Å². The number of anilines is 1. The molecule has 0 aromatic heterocycles. The topological polar surface area (TPSA) is 57.7 Å². The van der Waals surface area contributed by atoms with Gasteiger partial charge in [0, 0.05) is 31.9 Å². The van der Waals surface area contributed by atoms with Crippen LogP contribution in [0.4, 0.5) is 5.69 Å². The number of carbonyl (C=O) groups excluding carboxylic acids is 1. The molecule has 2 aliphatic rings. The lowest BCUT2D eigenvalue weighted by Gasteiger charge is -2.29. The Bertz CT molecular complexity index is 1040. The maximum atomic E-state index is 12.9. The monoisotopic (exact) mass is 368 g/mol. The van der Waals surface area contributed by atoms with Gasteiger partial charge in [-0.1, -0.05) is 18.2 Å². The largest absolute Gasteiger partial charge is 0.374 e. The fraction of sp³-hybridized carbons (Fsp3) is 0.250. The number of likely N-dealkylation sites (N-methyl/N-ethyl adjacent to an activating group) is 1. The number of sulfonamides is 1. The average Bonchev–Trinajstić information content (AvgIpc) is 2.64. The van der Waals surface area contributed by atoms with Crippen molar-refractivity contribution in [3.8, 4) is 0 Å². The minimum Gasteiger partial charge on any atom is -0.374 e. The zero-order valence-corrected chi connectivity index (χ0v) is 15.6. The first kappa shape index (κ1) is 16.8. The van der Waals surface area contributed by atoms with E-state index in [1.165, 1.54) is 24.4 Å². The quantitative estimate of drug-likeness (QED) is 0.726. The molecule has 0 fully saturated rings. The highest BCUT2D eigenvalue weighted by Crippen LogP contribution is 2.33. The third kappa shape index (κ3) is 2.52. The zero-order valence-electron chi connectivity index (χ0n) is 14.8. The normalized spacial score (nSPS) is 20.1. The Morgan fingerprint density at radius 2 is 1.85 bits per heavy atom. The number of Topliss-reactive ketones (excluding diaryl/α,β-unsaturated/α-hetero) is 1. The highest BCUT2D eigenvalue weighted by Gasteiger charge is 2.36. The first-order valence-corrected chi connectivity index (χ1v) is 10.0. The van der Waals surface area contributed by atoms with Crippen LogP contribution in [0, 0.1) is 0 Å². The van der Waals surface area contributed by atoms with Gasteiger partial charge in [-0.15, -0.1) is 0 Å². The van der Waals surface area contributed by atoms with Crippen molar-refractivity contribution in [1.82, 2.24) is 4.31 Å². The van der Waals surface area contributed by atoms with Crippen LogP contribution in [0.15, 0.2) is 53.1 Å². The summed E-state index contributed by atoms with van der Waals surface area (Å²) < 4.78 is 26.6. The number of benzene rings is 2. The van der Waals surface area contributed by atoms with Gasteiger partial charge in [-0.25, -0.2) is 8.42 Å². The fourth-order valence-electron chi connectivity index (χ4n) is 3.65. The number of ketones is 1. The molecule has 0 bridgehead atoms. The standard InChI is InChI=1S/C20H20N2O3S/c1-21-11-5-6-15-12-14(9-10-17(15)21)13-18-20(23)16-7-3-4-8-19(16)26(24,25)22(18)2/h3-4,7-10,12-13H,5-6,11H2,1-2H3. The van der Waals surface area contributed by atoms with E-state index in [0.717, 1.165) is 29.3 Å². The Labute approximate surface area is 153 Å². The molecule has 0 spiro atoms. The van der Waals surface area contributed by atoms with Gasteiger partial charge in [0.1, 0.15) is 5.70 Å². The van der Waals surface area contributed by atoms with E-state index in [1.807, 2.05) is 18.2 Å². The molecule has 2 aromatic carbocycles. The maximum Gasteiger partial charge on any atom is 0.264 e. The first-order chi connectivity index (χ1) is 12.4. The van der Waals surface area contributed by atoms with Gasteiger partial charge in [0.05, 0.1) is 4.90 Å². The lowest BCUT2D eigenvalue weighted by molar-refractivity contribution is 0.101. The lowest BCUT2D eigenvalue weighted by atomic mass is 9.98. The summed E-state index contributed by atoms with van der Waals surface area (Å²) in [4.78, 5) is 15.2. The predicted molar refractivity (Wildman–Crippen MR) is 102 cm³/mol. The molecule has 0 radical (unpaired) electrons. The van der Waals surface area contributed by atoms with Gasteiger partial charge in [-0.3, -0.25) is 9.10 Å². The molecule has 0 N–H and O–H groups in total. The summed E-state index contributed by atoms with van der Waals surface area (Å²) in [7, 11) is -0.214. The van der Waals surface area contributed by atoms with Crippen molar-refractivity contribution in [2.45, 2.75) is 17.7 Å². The molecule has 26 heavy (non-hydrogen) atoms. The van der Waals surface area contributed by atoms with E-state index in [0.29, 0.717) is 0 Å². The number of nitrogens with zero attached hydrogens (tertiary/aromatic N) is 2. The van der Waals surface area contributed by atoms with E-state index in [-0.39, 0.29) is 21.9 Å². The second-order valence-electron chi connectivity index (χ2n) is 6.74. The van der Waals surface area contributed by atoms with Crippen molar-refractivity contribution in [3.05, 3.63) is 64.9 Å². The Balaban J connectivity index is 1.82. The highest BCUT2D eigenvalue weighted by atomic mass is 32.2. The van der Waals surface area contributed by atoms with E-state index in [4.69, 9.17) is 0 Å². The lowest BCUT2D eigenvalue weighted by Crippen LogP contribution is -2.36. The molecular formula is C20H20N2O3S. The van der Waals surface area contributed by atoms with E-state index < -0.39 is 10.0 Å². The van der Waals surface area contributed by atoms with Crippen LogP contribution < -0.4 is 4.90 Å². The number of fused-ring (bicyclic) bond motifs is 2. The summed E-state index contributed by atoms with van der Waals surface area (Å²) in [5.41, 5.74) is 3.66. The number of hydrogen-bond acceptors (Lipinski definition) is 4. The Morgan fingerprint density at radius 3 is 2.65 bits per heavy atom. The van der Waals surface area contributed by atoms with Crippen molar-refractivity contribution < 1.29 is 13.2 Å². The van der Waals surface area contributed by atoms with Crippen LogP contribution in [0.2, 0.25) is 0 Å². The van der Waals surface area contributed by atoms with Gasteiger partial charge in [0.15, 0.2) is 0 Å². The molecule has 0 aliphatic carbocycles. The Hall–Kier alpha value is -2.60. The number of aryl methyl sites for hydroxylation is 1. The van der Waals surface area contributed by atoms with Crippen LogP contribution in [0.3, 0.4) is 0 Å². The molecule has 2 aliphatic heterocycles. The maximum absolute atomic E-state index is 12.9. The molecule has 0 saturated carbocycles. The molecule has 4 rings (SSSR count). The number of carbonyl (C=O) groups is 1. The molecule has 6 heteroatoms. The van der Waals surface area contributed by atoms with Crippen molar-refractivity contribution in [2.75, 3.05) is 25.5 Å². The molecule has 134 valence electrons. The summed E-state index contributed by atoms with van der Waals surface area (Å²) >= 11 is 0. The van der Waals surface area contributed by atoms with Gasteiger partial charge in [-0.05, 0) is 54.3 Å². The fourth-order valence-corrected chi connectivity index (χ4v) is 5.03. The van der Waals surface area contributed by atoms with Crippen LogP contribution in [-0.4, -0.2) is 39.1 Å². The van der Waals surface area contributed by atoms with Crippen LogP contribution in [0.5, 0.6) is 0 Å². The molecule has 0 amide bonds. The van der Waals surface area contributed by atoms with Crippen LogP contribution >= 0.6 is 0 Å². The highest BCUT2D eigenvalue weighted by molar-refractivity contribution is 7.89. The summed E-state index contributed by atoms with van der Waals surface area (Å²) in [6, 6.07) is 12.4. The van der Waals surface area contributed by atoms with Gasteiger partial charge in [0.2, 0.25) is 5.78 Å². The average molecular weight is 368 g/mol. The third-order valence-corrected chi connectivity index (χ3v) is 6.93. The van der Waals surface area contributed by atoms with Crippen LogP contribution in [0.25, 0.3) is 6.08 Å². The number of hydrogen-bond donors (Lipinski definition) is 0. The summed E-state index contributed by atoms with van der Waals surface area (Å²) in [6.07, 6.45) is 3.75. The van der Waals surface area contributed by atoms with Gasteiger partial charge in [0.25, 0.3) is 10.0 Å². The van der Waals surface area contributed by atoms with Crippen molar-refractivity contribution in [3.63, 3.8) is 0 Å². The van der Waals surface area contributed by atoms with Crippen molar-refractivity contribution in [2.24, 2.45) is 0 Å². The van der Waals surface area contributed by atoms with Crippen LogP contribution in [0.1, 0.15) is 27.9 Å². The van der Waals surface area contributed by atoms with Crippen LogP contribution in [-0.2, 0) is 16.4 Å². The summed E-state index contributed by atoms with van der Waals surface area (Å²) in [6.45, 7) is 1.03. The number of rotatable bonds is 1. The second-order valence-corrected chi connectivity index (χ2v) is 8.68. The SMILES string of the molecule is CN1CCCc2cc(C=C3C(=O)c4ccccc4S(=O)(=O)N3C)ccc21. The molecule has 0 atom stereocenters. The van der Waals surface area contributed by atoms with Gasteiger partial charge in [-0.2, -0.15) is 0 Å². The van der Waals surface area contributed by atoms with E-state index in [2.05, 4.69) is 11.9 Å². The molecule has 2 aromatic rings. The third-order valence-electron chi connectivity index (χ3n) is 5.10.